The maximum atomic E-state index is 12.2. The predicted octanol–water partition coefficient (Wildman–Crippen LogP) is 1.93. The van der Waals surface area contributed by atoms with E-state index >= 15 is 0 Å². The lowest BCUT2D eigenvalue weighted by molar-refractivity contribution is -0.126. The molecule has 1 amide bonds. The fourth-order valence-electron chi connectivity index (χ4n) is 2.36. The molecule has 5 heteroatoms. The zero-order chi connectivity index (χ0) is 13.3. The standard InChI is InChI=1S/C13H21N3OS/c1-8-7-15-12(18-8)13(2,3)16-11(17)9-4-5-10(14)6-9/h7,9-10H,4-6,14H2,1-3H3,(H,16,17). The Kier molecular flexibility index (Phi) is 3.73. The number of nitrogens with two attached hydrogens (primary N) is 1. The van der Waals surface area contributed by atoms with Gasteiger partial charge in [0.25, 0.3) is 0 Å². The average molecular weight is 267 g/mol. The monoisotopic (exact) mass is 267 g/mol. The van der Waals surface area contributed by atoms with Gasteiger partial charge in [-0.2, -0.15) is 0 Å². The highest BCUT2D eigenvalue weighted by atomic mass is 32.1. The summed E-state index contributed by atoms with van der Waals surface area (Å²) in [5.41, 5.74) is 5.45. The number of aromatic nitrogens is 1. The van der Waals surface area contributed by atoms with E-state index in [0.717, 1.165) is 29.1 Å². The Labute approximate surface area is 112 Å². The van der Waals surface area contributed by atoms with Crippen molar-refractivity contribution in [3.8, 4) is 0 Å². The molecule has 0 aliphatic heterocycles. The van der Waals surface area contributed by atoms with E-state index in [1.54, 1.807) is 11.3 Å². The number of aryl methyl sites for hydroxylation is 1. The molecule has 3 N–H and O–H groups in total. The van der Waals surface area contributed by atoms with Crippen molar-refractivity contribution >= 4 is 17.2 Å². The number of carbonyl (C=O) groups excluding carboxylic acids is 1. The molecule has 1 saturated carbocycles. The Bertz CT molecular complexity index is 441. The van der Waals surface area contributed by atoms with Crippen molar-refractivity contribution < 1.29 is 4.79 Å². The molecular formula is C13H21N3OS. The highest BCUT2D eigenvalue weighted by Crippen LogP contribution is 2.28. The second kappa shape index (κ2) is 4.97. The van der Waals surface area contributed by atoms with Crippen molar-refractivity contribution in [2.45, 2.75) is 51.6 Å². The number of rotatable bonds is 3. The van der Waals surface area contributed by atoms with E-state index in [2.05, 4.69) is 10.3 Å². The highest BCUT2D eigenvalue weighted by Gasteiger charge is 2.32. The van der Waals surface area contributed by atoms with Crippen molar-refractivity contribution in [3.63, 3.8) is 0 Å². The van der Waals surface area contributed by atoms with Crippen molar-refractivity contribution in [1.29, 1.82) is 0 Å². The van der Waals surface area contributed by atoms with Crippen LogP contribution in [0.25, 0.3) is 0 Å². The number of hydrogen-bond donors (Lipinski definition) is 2. The molecule has 1 heterocycles. The first-order valence-corrected chi connectivity index (χ1v) is 7.20. The van der Waals surface area contributed by atoms with E-state index < -0.39 is 5.54 Å². The third-order valence-corrected chi connectivity index (χ3v) is 4.67. The number of carbonyl (C=O) groups is 1. The largest absolute Gasteiger partial charge is 0.344 e. The van der Waals surface area contributed by atoms with Gasteiger partial charge in [-0.25, -0.2) is 4.98 Å². The SMILES string of the molecule is Cc1cnc(C(C)(C)NC(=O)C2CCC(N)C2)s1. The second-order valence-electron chi connectivity index (χ2n) is 5.66. The quantitative estimate of drug-likeness (QED) is 0.879. The smallest absolute Gasteiger partial charge is 0.223 e. The van der Waals surface area contributed by atoms with Crippen molar-refractivity contribution in [1.82, 2.24) is 10.3 Å². The summed E-state index contributed by atoms with van der Waals surface area (Å²) in [5.74, 6) is 0.182. The number of hydrogen-bond acceptors (Lipinski definition) is 4. The summed E-state index contributed by atoms with van der Waals surface area (Å²) in [4.78, 5) is 17.7. The lowest BCUT2D eigenvalue weighted by Gasteiger charge is -2.25. The Morgan fingerprint density at radius 3 is 2.78 bits per heavy atom. The van der Waals surface area contributed by atoms with E-state index in [1.165, 1.54) is 0 Å². The van der Waals surface area contributed by atoms with Crippen LogP contribution in [0.3, 0.4) is 0 Å². The Morgan fingerprint density at radius 2 is 2.28 bits per heavy atom. The van der Waals surface area contributed by atoms with Crippen LogP contribution in [0.5, 0.6) is 0 Å². The third-order valence-electron chi connectivity index (χ3n) is 3.44. The number of nitrogens with zero attached hydrogens (tertiary/aromatic N) is 1. The maximum absolute atomic E-state index is 12.2. The molecule has 0 radical (unpaired) electrons. The van der Waals surface area contributed by atoms with Crippen LogP contribution < -0.4 is 11.1 Å². The fourth-order valence-corrected chi connectivity index (χ4v) is 3.18. The zero-order valence-electron chi connectivity index (χ0n) is 11.2. The van der Waals surface area contributed by atoms with Gasteiger partial charge in [-0.05, 0) is 40.0 Å². The number of nitrogens with one attached hydrogen (secondary N) is 1. The predicted molar refractivity (Wildman–Crippen MR) is 73.3 cm³/mol. The molecule has 0 saturated heterocycles. The molecule has 0 aromatic carbocycles. The molecule has 0 bridgehead atoms. The summed E-state index contributed by atoms with van der Waals surface area (Å²) in [5, 5.41) is 4.06. The van der Waals surface area contributed by atoms with Gasteiger partial charge in [-0.3, -0.25) is 4.79 Å². The van der Waals surface area contributed by atoms with Gasteiger partial charge in [0.05, 0.1) is 5.54 Å². The molecular weight excluding hydrogens is 246 g/mol. The Morgan fingerprint density at radius 1 is 1.56 bits per heavy atom. The summed E-state index contributed by atoms with van der Waals surface area (Å²) in [6.45, 7) is 6.02. The van der Waals surface area contributed by atoms with E-state index in [4.69, 9.17) is 5.73 Å². The maximum Gasteiger partial charge on any atom is 0.223 e. The topological polar surface area (TPSA) is 68.0 Å². The van der Waals surface area contributed by atoms with Gasteiger partial charge in [0.15, 0.2) is 0 Å². The Hall–Kier alpha value is -0.940. The van der Waals surface area contributed by atoms with Crippen LogP contribution in [-0.4, -0.2) is 16.9 Å². The molecule has 0 spiro atoms. The summed E-state index contributed by atoms with van der Waals surface area (Å²) >= 11 is 1.63. The van der Waals surface area contributed by atoms with Crippen molar-refractivity contribution in [3.05, 3.63) is 16.1 Å². The van der Waals surface area contributed by atoms with E-state index in [0.29, 0.717) is 0 Å². The van der Waals surface area contributed by atoms with Crippen LogP contribution in [0, 0.1) is 12.8 Å². The summed E-state index contributed by atoms with van der Waals surface area (Å²) < 4.78 is 0. The molecule has 1 aromatic rings. The highest BCUT2D eigenvalue weighted by molar-refractivity contribution is 7.11. The lowest BCUT2D eigenvalue weighted by Crippen LogP contribution is -2.43. The van der Waals surface area contributed by atoms with Crippen LogP contribution >= 0.6 is 11.3 Å². The van der Waals surface area contributed by atoms with Crippen molar-refractivity contribution in [2.24, 2.45) is 11.7 Å². The number of amides is 1. The number of thiazole rings is 1. The van der Waals surface area contributed by atoms with Gasteiger partial charge in [0, 0.05) is 23.0 Å². The molecule has 2 atom stereocenters. The molecule has 4 nitrogen and oxygen atoms in total. The van der Waals surface area contributed by atoms with Crippen LogP contribution in [-0.2, 0) is 10.3 Å². The zero-order valence-corrected chi connectivity index (χ0v) is 12.0. The average Bonchev–Trinajstić information content (AvgIpc) is 2.86. The minimum Gasteiger partial charge on any atom is -0.344 e. The molecule has 1 aromatic heterocycles. The van der Waals surface area contributed by atoms with Gasteiger partial charge >= 0.3 is 0 Å². The Balaban J connectivity index is 2.01. The first-order valence-electron chi connectivity index (χ1n) is 6.39. The van der Waals surface area contributed by atoms with Gasteiger partial charge in [0.2, 0.25) is 5.91 Å². The van der Waals surface area contributed by atoms with Crippen LogP contribution in [0.2, 0.25) is 0 Å². The van der Waals surface area contributed by atoms with Gasteiger partial charge < -0.3 is 11.1 Å². The molecule has 2 rings (SSSR count). The van der Waals surface area contributed by atoms with Gasteiger partial charge in [-0.15, -0.1) is 11.3 Å². The second-order valence-corrected chi connectivity index (χ2v) is 6.90. The van der Waals surface area contributed by atoms with E-state index in [-0.39, 0.29) is 17.9 Å². The normalized spacial score (nSPS) is 24.2. The first-order chi connectivity index (χ1) is 8.38. The minimum atomic E-state index is -0.400. The summed E-state index contributed by atoms with van der Waals surface area (Å²) in [6.07, 6.45) is 4.51. The third kappa shape index (κ3) is 2.90. The van der Waals surface area contributed by atoms with Crippen LogP contribution in [0.15, 0.2) is 6.20 Å². The van der Waals surface area contributed by atoms with E-state index in [1.807, 2.05) is 27.0 Å². The first kappa shape index (κ1) is 13.5. The van der Waals surface area contributed by atoms with Crippen LogP contribution in [0.4, 0.5) is 0 Å². The molecule has 2 unspecified atom stereocenters. The molecule has 1 aliphatic carbocycles. The molecule has 1 fully saturated rings. The fraction of sp³-hybridized carbons (Fsp3) is 0.692. The lowest BCUT2D eigenvalue weighted by atomic mass is 10.0. The minimum absolute atomic E-state index is 0.0698. The molecule has 18 heavy (non-hydrogen) atoms. The van der Waals surface area contributed by atoms with Gasteiger partial charge in [0.1, 0.15) is 5.01 Å². The molecule has 1 aliphatic rings. The molecule has 100 valence electrons. The van der Waals surface area contributed by atoms with Crippen molar-refractivity contribution in [2.75, 3.05) is 0 Å². The summed E-state index contributed by atoms with van der Waals surface area (Å²) in [7, 11) is 0. The van der Waals surface area contributed by atoms with Crippen LogP contribution in [0.1, 0.15) is 43.0 Å². The van der Waals surface area contributed by atoms with Gasteiger partial charge in [-0.1, -0.05) is 0 Å². The summed E-state index contributed by atoms with van der Waals surface area (Å²) in [6, 6.07) is 0.186. The van der Waals surface area contributed by atoms with E-state index in [9.17, 15) is 4.79 Å².